The van der Waals surface area contributed by atoms with Crippen molar-refractivity contribution in [3.05, 3.63) is 59.7 Å². The van der Waals surface area contributed by atoms with Crippen LogP contribution in [0.4, 0.5) is 4.79 Å². The Kier molecular flexibility index (Phi) is 7.15. The molecule has 0 aromatic heterocycles. The lowest BCUT2D eigenvalue weighted by atomic mass is 9.81. The number of likely N-dealkylation sites (tertiary alicyclic amines) is 1. The highest BCUT2D eigenvalue weighted by Crippen LogP contribution is 2.44. The molecule has 3 atom stereocenters. The van der Waals surface area contributed by atoms with Crippen molar-refractivity contribution in [1.29, 1.82) is 0 Å². The highest BCUT2D eigenvalue weighted by Gasteiger charge is 2.42. The predicted molar refractivity (Wildman–Crippen MR) is 133 cm³/mol. The van der Waals surface area contributed by atoms with Gasteiger partial charge in [0.15, 0.2) is 0 Å². The van der Waals surface area contributed by atoms with Gasteiger partial charge in [0, 0.05) is 19.0 Å². The molecular formula is C28H34N2O5. The maximum Gasteiger partial charge on any atom is 0.407 e. The highest BCUT2D eigenvalue weighted by molar-refractivity contribution is 5.87. The fourth-order valence-corrected chi connectivity index (χ4v) is 5.25. The first-order valence-electron chi connectivity index (χ1n) is 12.4. The van der Waals surface area contributed by atoms with Crippen molar-refractivity contribution < 1.29 is 24.2 Å². The molecule has 1 heterocycles. The number of carboxylic acid groups (broad SMARTS) is 1. The highest BCUT2D eigenvalue weighted by atomic mass is 16.5. The van der Waals surface area contributed by atoms with Gasteiger partial charge in [0.05, 0.1) is 5.41 Å². The largest absolute Gasteiger partial charge is 0.481 e. The number of rotatable bonds is 7. The summed E-state index contributed by atoms with van der Waals surface area (Å²) in [5, 5.41) is 12.4. The van der Waals surface area contributed by atoms with Gasteiger partial charge in [0.25, 0.3) is 0 Å². The first kappa shape index (κ1) is 24.8. The summed E-state index contributed by atoms with van der Waals surface area (Å²) in [6.07, 6.45) is 1.19. The number of nitrogens with one attached hydrogen (secondary N) is 1. The van der Waals surface area contributed by atoms with Gasteiger partial charge in [-0.25, -0.2) is 4.79 Å². The lowest BCUT2D eigenvalue weighted by Gasteiger charge is -2.39. The summed E-state index contributed by atoms with van der Waals surface area (Å²) in [6.45, 7) is 6.34. The Morgan fingerprint density at radius 2 is 1.71 bits per heavy atom. The fourth-order valence-electron chi connectivity index (χ4n) is 5.25. The molecule has 1 aliphatic carbocycles. The van der Waals surface area contributed by atoms with Gasteiger partial charge in [0.2, 0.25) is 5.91 Å². The van der Waals surface area contributed by atoms with Crippen LogP contribution in [0.25, 0.3) is 11.1 Å². The first-order chi connectivity index (χ1) is 16.7. The Morgan fingerprint density at radius 3 is 2.29 bits per heavy atom. The van der Waals surface area contributed by atoms with Crippen LogP contribution in [0.3, 0.4) is 0 Å². The maximum absolute atomic E-state index is 13.4. The zero-order chi connectivity index (χ0) is 25.2. The van der Waals surface area contributed by atoms with Crippen molar-refractivity contribution in [2.45, 2.75) is 52.0 Å². The standard InChI is InChI=1S/C28H34N2O5/c1-4-18(2)24(25(31)30-15-9-14-28(3,17-30)26(32)33)29-27(34)35-16-23-21-12-7-5-10-19(21)20-11-6-8-13-22(20)23/h5-8,10-13,18,23-24H,4,9,14-17H2,1-3H3,(H,29,34)(H,32,33). The summed E-state index contributed by atoms with van der Waals surface area (Å²) < 4.78 is 5.67. The molecule has 2 aromatic carbocycles. The van der Waals surface area contributed by atoms with Crippen molar-refractivity contribution in [1.82, 2.24) is 10.2 Å². The van der Waals surface area contributed by atoms with E-state index in [-0.39, 0.29) is 30.9 Å². The van der Waals surface area contributed by atoms with Gasteiger partial charge in [-0.1, -0.05) is 68.8 Å². The van der Waals surface area contributed by atoms with Crippen molar-refractivity contribution in [2.75, 3.05) is 19.7 Å². The molecule has 186 valence electrons. The van der Waals surface area contributed by atoms with E-state index in [1.165, 1.54) is 0 Å². The van der Waals surface area contributed by atoms with E-state index < -0.39 is 23.5 Å². The second kappa shape index (κ2) is 10.1. The molecule has 1 fully saturated rings. The molecule has 2 amide bonds. The van der Waals surface area contributed by atoms with E-state index >= 15 is 0 Å². The molecule has 2 N–H and O–H groups in total. The molecule has 7 nitrogen and oxygen atoms in total. The van der Waals surface area contributed by atoms with Crippen LogP contribution in [0.2, 0.25) is 0 Å². The zero-order valence-electron chi connectivity index (χ0n) is 20.6. The van der Waals surface area contributed by atoms with Gasteiger partial charge < -0.3 is 20.1 Å². The van der Waals surface area contributed by atoms with Crippen molar-refractivity contribution >= 4 is 18.0 Å². The van der Waals surface area contributed by atoms with Gasteiger partial charge in [-0.2, -0.15) is 0 Å². The van der Waals surface area contributed by atoms with Crippen LogP contribution >= 0.6 is 0 Å². The molecule has 0 spiro atoms. The average Bonchev–Trinajstić information content (AvgIpc) is 3.19. The molecule has 2 aromatic rings. The van der Waals surface area contributed by atoms with E-state index in [1.807, 2.05) is 38.1 Å². The van der Waals surface area contributed by atoms with E-state index in [9.17, 15) is 19.5 Å². The monoisotopic (exact) mass is 478 g/mol. The van der Waals surface area contributed by atoms with Gasteiger partial charge in [-0.05, 0) is 47.9 Å². The smallest absolute Gasteiger partial charge is 0.407 e. The Balaban J connectivity index is 1.44. The van der Waals surface area contributed by atoms with E-state index in [4.69, 9.17) is 4.74 Å². The molecule has 0 bridgehead atoms. The molecule has 0 saturated carbocycles. The molecule has 1 saturated heterocycles. The second-order valence-corrected chi connectivity index (χ2v) is 10.1. The normalized spacial score (nSPS) is 20.9. The van der Waals surface area contributed by atoms with E-state index in [0.717, 1.165) is 22.3 Å². The van der Waals surface area contributed by atoms with Crippen molar-refractivity contribution in [3.63, 3.8) is 0 Å². The Labute approximate surface area is 206 Å². The predicted octanol–water partition coefficient (Wildman–Crippen LogP) is 4.65. The lowest BCUT2D eigenvalue weighted by Crippen LogP contribution is -2.56. The Morgan fingerprint density at radius 1 is 1.11 bits per heavy atom. The number of hydrogen-bond acceptors (Lipinski definition) is 4. The topological polar surface area (TPSA) is 95.9 Å². The van der Waals surface area contributed by atoms with Gasteiger partial charge >= 0.3 is 12.1 Å². The summed E-state index contributed by atoms with van der Waals surface area (Å²) in [7, 11) is 0. The summed E-state index contributed by atoms with van der Waals surface area (Å²) in [6, 6.07) is 15.5. The second-order valence-electron chi connectivity index (χ2n) is 10.1. The minimum Gasteiger partial charge on any atom is -0.481 e. The lowest BCUT2D eigenvalue weighted by molar-refractivity contribution is -0.154. The number of benzene rings is 2. The van der Waals surface area contributed by atoms with E-state index in [1.54, 1.807) is 11.8 Å². The number of carboxylic acids is 1. The number of aliphatic carboxylic acids is 1. The molecule has 1 aliphatic heterocycles. The van der Waals surface area contributed by atoms with E-state index in [2.05, 4.69) is 29.6 Å². The van der Waals surface area contributed by atoms with Crippen LogP contribution in [0.5, 0.6) is 0 Å². The number of amides is 2. The number of carbonyl (C=O) groups excluding carboxylic acids is 2. The third kappa shape index (κ3) is 4.90. The minimum atomic E-state index is -0.975. The maximum atomic E-state index is 13.4. The third-order valence-electron chi connectivity index (χ3n) is 7.62. The van der Waals surface area contributed by atoms with Crippen LogP contribution < -0.4 is 5.32 Å². The van der Waals surface area contributed by atoms with Crippen molar-refractivity contribution in [2.24, 2.45) is 11.3 Å². The fraction of sp³-hybridized carbons (Fsp3) is 0.464. The minimum absolute atomic E-state index is 0.0655. The molecule has 3 unspecified atom stereocenters. The average molecular weight is 479 g/mol. The molecule has 4 rings (SSSR count). The number of piperidine rings is 1. The summed E-state index contributed by atoms with van der Waals surface area (Å²) >= 11 is 0. The quantitative estimate of drug-likeness (QED) is 0.604. The van der Waals surface area contributed by atoms with Crippen LogP contribution in [0.15, 0.2) is 48.5 Å². The SMILES string of the molecule is CCC(C)C(NC(=O)OCC1c2ccccc2-c2ccccc21)C(=O)N1CCCC(C)(C(=O)O)C1. The van der Waals surface area contributed by atoms with Crippen LogP contribution in [-0.2, 0) is 14.3 Å². The van der Waals surface area contributed by atoms with Crippen LogP contribution in [-0.4, -0.2) is 53.7 Å². The number of carbonyl (C=O) groups is 3. The number of ether oxygens (including phenoxy) is 1. The summed E-state index contributed by atoms with van der Waals surface area (Å²) in [4.78, 5) is 39.6. The Hall–Kier alpha value is -3.35. The van der Waals surface area contributed by atoms with Crippen LogP contribution in [0, 0.1) is 11.3 Å². The van der Waals surface area contributed by atoms with Crippen LogP contribution in [0.1, 0.15) is 57.1 Å². The number of hydrogen-bond donors (Lipinski definition) is 2. The zero-order valence-corrected chi connectivity index (χ0v) is 20.6. The molecule has 2 aliphatic rings. The molecule has 35 heavy (non-hydrogen) atoms. The van der Waals surface area contributed by atoms with E-state index in [0.29, 0.717) is 25.8 Å². The number of nitrogens with zero attached hydrogens (tertiary/aromatic N) is 1. The van der Waals surface area contributed by atoms with Crippen molar-refractivity contribution in [3.8, 4) is 11.1 Å². The van der Waals surface area contributed by atoms with Gasteiger partial charge in [-0.15, -0.1) is 0 Å². The number of alkyl carbamates (subject to hydrolysis) is 1. The Bertz CT molecular complexity index is 1070. The van der Waals surface area contributed by atoms with Gasteiger partial charge in [0.1, 0.15) is 12.6 Å². The molecule has 0 radical (unpaired) electrons. The number of fused-ring (bicyclic) bond motifs is 3. The first-order valence-corrected chi connectivity index (χ1v) is 12.4. The summed E-state index contributed by atoms with van der Waals surface area (Å²) in [5.74, 6) is -1.34. The molecule has 7 heteroatoms. The third-order valence-corrected chi connectivity index (χ3v) is 7.62. The molecular weight excluding hydrogens is 444 g/mol. The summed E-state index contributed by atoms with van der Waals surface area (Å²) in [5.41, 5.74) is 3.57. The van der Waals surface area contributed by atoms with Gasteiger partial charge in [-0.3, -0.25) is 9.59 Å².